The van der Waals surface area contributed by atoms with E-state index in [0.717, 1.165) is 15.6 Å². The molecule has 0 bridgehead atoms. The Morgan fingerprint density at radius 3 is 2.40 bits per heavy atom. The Hall–Kier alpha value is -1.96. The highest BCUT2D eigenvalue weighted by atomic mass is 79.9. The molecule has 0 aliphatic carbocycles. The molecule has 0 fully saturated rings. The molecule has 2 aromatic carbocycles. The van der Waals surface area contributed by atoms with E-state index >= 15 is 0 Å². The molecule has 9 heteroatoms. The second kappa shape index (κ2) is 10.9. The summed E-state index contributed by atoms with van der Waals surface area (Å²) in [7, 11) is 0. The highest BCUT2D eigenvalue weighted by molar-refractivity contribution is 9.10. The summed E-state index contributed by atoms with van der Waals surface area (Å²) in [6.45, 7) is 7.30. The first kappa shape index (κ1) is 24.3. The zero-order chi connectivity index (χ0) is 22.4. The van der Waals surface area contributed by atoms with Gasteiger partial charge in [0.1, 0.15) is 11.5 Å². The van der Waals surface area contributed by atoms with E-state index in [2.05, 4.69) is 26.8 Å². The number of nitrogens with one attached hydrogen (secondary N) is 2. The maximum atomic E-state index is 12.2. The number of amides is 2. The minimum Gasteiger partial charge on any atom is -0.483 e. The number of ether oxygens (including phenoxy) is 2. The number of halogens is 3. The standard InChI is InChI=1S/C21H23BrCl2N2O4/c1-11(2)15-9-16(22)12(3)7-19(15)29-10-20(27)25-26-21(28)13(4)30-18-6-5-14(23)8-17(18)24/h5-9,11,13H,10H2,1-4H3,(H,25,27)(H,26,28). The summed E-state index contributed by atoms with van der Waals surface area (Å²) in [5.74, 6) is 0.107. The van der Waals surface area contributed by atoms with Crippen LogP contribution in [0, 0.1) is 6.92 Å². The molecular formula is C21H23BrCl2N2O4. The Bertz CT molecular complexity index is 937. The first-order valence-electron chi connectivity index (χ1n) is 9.21. The van der Waals surface area contributed by atoms with Gasteiger partial charge in [-0.25, -0.2) is 0 Å². The molecule has 2 rings (SSSR count). The molecule has 162 valence electrons. The first-order chi connectivity index (χ1) is 14.1. The van der Waals surface area contributed by atoms with Gasteiger partial charge in [0, 0.05) is 9.50 Å². The minimum absolute atomic E-state index is 0.220. The van der Waals surface area contributed by atoms with Gasteiger partial charge in [0.25, 0.3) is 11.8 Å². The average molecular weight is 518 g/mol. The summed E-state index contributed by atoms with van der Waals surface area (Å²) in [5, 5.41) is 0.739. The largest absolute Gasteiger partial charge is 0.483 e. The molecule has 6 nitrogen and oxygen atoms in total. The van der Waals surface area contributed by atoms with Crippen LogP contribution in [0.2, 0.25) is 10.0 Å². The molecule has 30 heavy (non-hydrogen) atoms. The lowest BCUT2D eigenvalue weighted by Crippen LogP contribution is -2.48. The van der Waals surface area contributed by atoms with Crippen molar-refractivity contribution in [1.82, 2.24) is 10.9 Å². The molecule has 2 aromatic rings. The van der Waals surface area contributed by atoms with Crippen molar-refractivity contribution < 1.29 is 19.1 Å². The number of aryl methyl sites for hydroxylation is 1. The number of carbonyl (C=O) groups excluding carboxylic acids is 2. The fourth-order valence-electron chi connectivity index (χ4n) is 2.47. The van der Waals surface area contributed by atoms with Gasteiger partial charge in [0.2, 0.25) is 0 Å². The van der Waals surface area contributed by atoms with Crippen LogP contribution >= 0.6 is 39.1 Å². The van der Waals surface area contributed by atoms with E-state index in [9.17, 15) is 9.59 Å². The lowest BCUT2D eigenvalue weighted by Gasteiger charge is -2.17. The van der Waals surface area contributed by atoms with Crippen LogP contribution in [-0.4, -0.2) is 24.5 Å². The van der Waals surface area contributed by atoms with Gasteiger partial charge >= 0.3 is 0 Å². The fraction of sp³-hybridized carbons (Fsp3) is 0.333. The number of benzene rings is 2. The van der Waals surface area contributed by atoms with Gasteiger partial charge in [-0.15, -0.1) is 0 Å². The van der Waals surface area contributed by atoms with Crippen molar-refractivity contribution in [3.8, 4) is 11.5 Å². The van der Waals surface area contributed by atoms with Gasteiger partial charge in [0.05, 0.1) is 5.02 Å². The van der Waals surface area contributed by atoms with E-state index < -0.39 is 17.9 Å². The summed E-state index contributed by atoms with van der Waals surface area (Å²) in [4.78, 5) is 24.3. The summed E-state index contributed by atoms with van der Waals surface area (Å²) < 4.78 is 12.1. The lowest BCUT2D eigenvalue weighted by atomic mass is 10.0. The SMILES string of the molecule is Cc1cc(OCC(=O)NNC(=O)C(C)Oc2ccc(Cl)cc2Cl)c(C(C)C)cc1Br. The Morgan fingerprint density at radius 1 is 1.07 bits per heavy atom. The van der Waals surface area contributed by atoms with Crippen molar-refractivity contribution in [2.24, 2.45) is 0 Å². The molecule has 0 spiro atoms. The van der Waals surface area contributed by atoms with Gasteiger partial charge in [0.15, 0.2) is 12.7 Å². The molecule has 1 unspecified atom stereocenters. The topological polar surface area (TPSA) is 76.7 Å². The molecule has 0 heterocycles. The van der Waals surface area contributed by atoms with E-state index in [1.807, 2.05) is 32.9 Å². The Kier molecular flexibility index (Phi) is 8.82. The van der Waals surface area contributed by atoms with Crippen LogP contribution in [0.25, 0.3) is 0 Å². The van der Waals surface area contributed by atoms with E-state index in [-0.39, 0.29) is 17.5 Å². The van der Waals surface area contributed by atoms with Gasteiger partial charge in [-0.05, 0) is 61.2 Å². The number of hydrogen-bond donors (Lipinski definition) is 2. The molecule has 0 saturated carbocycles. The lowest BCUT2D eigenvalue weighted by molar-refractivity contribution is -0.133. The number of hydrogen-bond acceptors (Lipinski definition) is 4. The van der Waals surface area contributed by atoms with Crippen molar-refractivity contribution in [2.45, 2.75) is 39.7 Å². The van der Waals surface area contributed by atoms with Crippen LogP contribution in [0.15, 0.2) is 34.8 Å². The van der Waals surface area contributed by atoms with Crippen molar-refractivity contribution in [1.29, 1.82) is 0 Å². The van der Waals surface area contributed by atoms with Crippen LogP contribution in [0.1, 0.15) is 37.8 Å². The third-order valence-electron chi connectivity index (χ3n) is 4.16. The predicted octanol–water partition coefficient (Wildman–Crippen LogP) is 5.18. The number of rotatable bonds is 7. The van der Waals surface area contributed by atoms with Crippen LogP contribution in [0.3, 0.4) is 0 Å². The van der Waals surface area contributed by atoms with E-state index in [0.29, 0.717) is 16.5 Å². The van der Waals surface area contributed by atoms with Crippen LogP contribution in [0.5, 0.6) is 11.5 Å². The van der Waals surface area contributed by atoms with Gasteiger partial charge in [-0.1, -0.05) is 53.0 Å². The zero-order valence-electron chi connectivity index (χ0n) is 17.0. The predicted molar refractivity (Wildman–Crippen MR) is 121 cm³/mol. The summed E-state index contributed by atoms with van der Waals surface area (Å²) in [6, 6.07) is 8.53. The molecule has 0 aliphatic rings. The molecular weight excluding hydrogens is 495 g/mol. The monoisotopic (exact) mass is 516 g/mol. The third-order valence-corrected chi connectivity index (χ3v) is 5.55. The number of carbonyl (C=O) groups is 2. The Balaban J connectivity index is 1.87. The maximum absolute atomic E-state index is 12.2. The second-order valence-corrected chi connectivity index (χ2v) is 8.65. The molecule has 0 aliphatic heterocycles. The molecule has 1 atom stereocenters. The highest BCUT2D eigenvalue weighted by Crippen LogP contribution is 2.32. The Labute approximate surface area is 194 Å². The molecule has 0 aromatic heterocycles. The summed E-state index contributed by atoms with van der Waals surface area (Å²) >= 11 is 15.4. The average Bonchev–Trinajstić information content (AvgIpc) is 2.68. The van der Waals surface area contributed by atoms with Crippen molar-refractivity contribution >= 4 is 50.9 Å². The zero-order valence-corrected chi connectivity index (χ0v) is 20.1. The van der Waals surface area contributed by atoms with Crippen molar-refractivity contribution in [3.63, 3.8) is 0 Å². The minimum atomic E-state index is -0.897. The van der Waals surface area contributed by atoms with Crippen LogP contribution in [-0.2, 0) is 9.59 Å². The van der Waals surface area contributed by atoms with E-state index in [4.69, 9.17) is 32.7 Å². The molecule has 0 radical (unpaired) electrons. The summed E-state index contributed by atoms with van der Waals surface area (Å²) in [6.07, 6.45) is -0.897. The maximum Gasteiger partial charge on any atom is 0.279 e. The molecule has 2 N–H and O–H groups in total. The fourth-order valence-corrected chi connectivity index (χ4v) is 3.29. The first-order valence-corrected chi connectivity index (χ1v) is 10.8. The van der Waals surface area contributed by atoms with Gasteiger partial charge < -0.3 is 9.47 Å². The molecule has 0 saturated heterocycles. The summed E-state index contributed by atoms with van der Waals surface area (Å²) in [5.41, 5.74) is 6.59. The Morgan fingerprint density at radius 2 is 1.77 bits per heavy atom. The van der Waals surface area contributed by atoms with E-state index in [1.165, 1.54) is 13.0 Å². The second-order valence-electron chi connectivity index (χ2n) is 6.95. The molecule has 2 amide bonds. The quantitative estimate of drug-likeness (QED) is 0.496. The normalized spacial score (nSPS) is 11.7. The van der Waals surface area contributed by atoms with Gasteiger partial charge in [-0.2, -0.15) is 0 Å². The smallest absolute Gasteiger partial charge is 0.279 e. The van der Waals surface area contributed by atoms with Crippen molar-refractivity contribution in [2.75, 3.05) is 6.61 Å². The van der Waals surface area contributed by atoms with Crippen LogP contribution < -0.4 is 20.3 Å². The van der Waals surface area contributed by atoms with E-state index in [1.54, 1.807) is 12.1 Å². The third kappa shape index (κ3) is 6.79. The highest BCUT2D eigenvalue weighted by Gasteiger charge is 2.18. The van der Waals surface area contributed by atoms with Crippen molar-refractivity contribution in [3.05, 3.63) is 56.0 Å². The van der Waals surface area contributed by atoms with Crippen LogP contribution in [0.4, 0.5) is 0 Å². The number of hydrazine groups is 1. The van der Waals surface area contributed by atoms with Gasteiger partial charge in [-0.3, -0.25) is 20.4 Å².